The number of carbonyl (C=O) groups excluding carboxylic acids is 2. The molecule has 4 nitrogen and oxygen atoms in total. The third kappa shape index (κ3) is 4.81. The predicted octanol–water partition coefficient (Wildman–Crippen LogP) is 3.59. The third-order valence-corrected chi connectivity index (χ3v) is 4.34. The van der Waals surface area contributed by atoms with Crippen LogP contribution in [0.5, 0.6) is 0 Å². The normalized spacial score (nSPS) is 16.9. The number of amides is 1. The molecule has 1 N–H and O–H groups in total. The van der Waals surface area contributed by atoms with Crippen molar-refractivity contribution in [3.05, 3.63) is 35.4 Å². The Kier molecular flexibility index (Phi) is 5.45. The van der Waals surface area contributed by atoms with Crippen LogP contribution in [0.15, 0.2) is 24.3 Å². The fourth-order valence-electron chi connectivity index (χ4n) is 2.78. The van der Waals surface area contributed by atoms with Crippen molar-refractivity contribution in [3.63, 3.8) is 0 Å². The summed E-state index contributed by atoms with van der Waals surface area (Å²) in [7, 11) is 0. The molecule has 0 heterocycles. The second kappa shape index (κ2) is 7.16. The summed E-state index contributed by atoms with van der Waals surface area (Å²) in [5.74, 6) is -0.670. The topological polar surface area (TPSA) is 55.4 Å². The quantitative estimate of drug-likeness (QED) is 0.863. The molecule has 1 aliphatic rings. The van der Waals surface area contributed by atoms with Gasteiger partial charge in [0.15, 0.2) is 6.10 Å². The first-order valence-corrected chi connectivity index (χ1v) is 8.39. The van der Waals surface area contributed by atoms with Crippen LogP contribution < -0.4 is 5.32 Å². The van der Waals surface area contributed by atoms with Crippen molar-refractivity contribution in [2.75, 3.05) is 0 Å². The molecule has 0 unspecified atom stereocenters. The lowest BCUT2D eigenvalue weighted by molar-refractivity contribution is -0.129. The van der Waals surface area contributed by atoms with E-state index in [1.807, 2.05) is 12.1 Å². The second-order valence-corrected chi connectivity index (χ2v) is 7.36. The monoisotopic (exact) mass is 317 g/mol. The molecule has 0 radical (unpaired) electrons. The van der Waals surface area contributed by atoms with E-state index in [0.29, 0.717) is 5.56 Å². The van der Waals surface area contributed by atoms with E-state index in [1.54, 1.807) is 19.1 Å². The van der Waals surface area contributed by atoms with Gasteiger partial charge in [0.05, 0.1) is 5.56 Å². The van der Waals surface area contributed by atoms with E-state index in [2.05, 4.69) is 26.1 Å². The first-order valence-electron chi connectivity index (χ1n) is 8.39. The Bertz CT molecular complexity index is 551. The molecule has 126 valence electrons. The highest BCUT2D eigenvalue weighted by atomic mass is 16.5. The lowest BCUT2D eigenvalue weighted by Crippen LogP contribution is -2.40. The van der Waals surface area contributed by atoms with Gasteiger partial charge in [0.1, 0.15) is 0 Å². The van der Waals surface area contributed by atoms with Crippen LogP contribution >= 0.6 is 0 Å². The van der Waals surface area contributed by atoms with E-state index >= 15 is 0 Å². The van der Waals surface area contributed by atoms with E-state index in [9.17, 15) is 9.59 Å². The van der Waals surface area contributed by atoms with Crippen molar-refractivity contribution < 1.29 is 14.3 Å². The van der Waals surface area contributed by atoms with E-state index < -0.39 is 12.1 Å². The van der Waals surface area contributed by atoms with Crippen molar-refractivity contribution in [1.29, 1.82) is 0 Å². The minimum atomic E-state index is -0.773. The average molecular weight is 317 g/mol. The highest BCUT2D eigenvalue weighted by Gasteiger charge is 2.23. The molecule has 4 heteroatoms. The van der Waals surface area contributed by atoms with Crippen LogP contribution in [0.4, 0.5) is 0 Å². The third-order valence-electron chi connectivity index (χ3n) is 4.34. The Balaban J connectivity index is 1.91. The van der Waals surface area contributed by atoms with Crippen molar-refractivity contribution >= 4 is 11.9 Å². The van der Waals surface area contributed by atoms with Crippen LogP contribution in [-0.2, 0) is 14.9 Å². The van der Waals surface area contributed by atoms with Gasteiger partial charge < -0.3 is 10.1 Å². The maximum Gasteiger partial charge on any atom is 0.338 e. The predicted molar refractivity (Wildman–Crippen MR) is 90.4 cm³/mol. The maximum atomic E-state index is 12.2. The van der Waals surface area contributed by atoms with Crippen LogP contribution in [0.25, 0.3) is 0 Å². The molecule has 1 amide bonds. The van der Waals surface area contributed by atoms with Gasteiger partial charge in [-0.25, -0.2) is 4.79 Å². The van der Waals surface area contributed by atoms with Crippen LogP contribution in [-0.4, -0.2) is 24.0 Å². The highest BCUT2D eigenvalue weighted by molar-refractivity contribution is 5.92. The van der Waals surface area contributed by atoms with Gasteiger partial charge in [-0.15, -0.1) is 0 Å². The maximum absolute atomic E-state index is 12.2. The van der Waals surface area contributed by atoms with Crippen LogP contribution in [0.1, 0.15) is 69.3 Å². The largest absolute Gasteiger partial charge is 0.449 e. The second-order valence-electron chi connectivity index (χ2n) is 7.36. The lowest BCUT2D eigenvalue weighted by atomic mass is 9.87. The minimum Gasteiger partial charge on any atom is -0.449 e. The molecular formula is C19H27NO3. The van der Waals surface area contributed by atoms with Gasteiger partial charge in [-0.1, -0.05) is 45.7 Å². The molecular weight excluding hydrogens is 290 g/mol. The van der Waals surface area contributed by atoms with Gasteiger partial charge in [0, 0.05) is 6.04 Å². The standard InChI is InChI=1S/C19H27NO3/c1-13(17(21)20-16-7-5-6-8-16)23-18(22)14-9-11-15(12-10-14)19(2,3)4/h9-13,16H,5-8H2,1-4H3,(H,20,21)/t13-/m0/s1. The first kappa shape index (κ1) is 17.5. The fourth-order valence-corrected chi connectivity index (χ4v) is 2.78. The van der Waals surface area contributed by atoms with Gasteiger partial charge >= 0.3 is 5.97 Å². The molecule has 0 saturated heterocycles. The van der Waals surface area contributed by atoms with Gasteiger partial charge in [-0.05, 0) is 42.9 Å². The van der Waals surface area contributed by atoms with Gasteiger partial charge in [0.2, 0.25) is 0 Å². The Morgan fingerprint density at radius 3 is 2.22 bits per heavy atom. The molecule has 0 aliphatic heterocycles. The number of benzene rings is 1. The molecule has 1 saturated carbocycles. The molecule has 0 bridgehead atoms. The zero-order valence-corrected chi connectivity index (χ0v) is 14.5. The molecule has 1 aromatic carbocycles. The van der Waals surface area contributed by atoms with E-state index in [4.69, 9.17) is 4.74 Å². The molecule has 2 rings (SSSR count). The van der Waals surface area contributed by atoms with Gasteiger partial charge in [0.25, 0.3) is 5.91 Å². The van der Waals surface area contributed by atoms with Crippen LogP contribution in [0.2, 0.25) is 0 Å². The fraction of sp³-hybridized carbons (Fsp3) is 0.579. The molecule has 1 atom stereocenters. The summed E-state index contributed by atoms with van der Waals surface area (Å²) in [5.41, 5.74) is 1.66. The SMILES string of the molecule is C[C@H](OC(=O)c1ccc(C(C)(C)C)cc1)C(=O)NC1CCCC1. The highest BCUT2D eigenvalue weighted by Crippen LogP contribution is 2.22. The number of rotatable bonds is 4. The van der Waals surface area contributed by atoms with Crippen molar-refractivity contribution in [1.82, 2.24) is 5.32 Å². The molecule has 1 fully saturated rings. The van der Waals surface area contributed by atoms with Gasteiger partial charge in [-0.3, -0.25) is 4.79 Å². The molecule has 1 aromatic rings. The molecule has 0 aromatic heterocycles. The number of carbonyl (C=O) groups is 2. The summed E-state index contributed by atoms with van der Waals surface area (Å²) in [6, 6.07) is 7.60. The average Bonchev–Trinajstić information content (AvgIpc) is 2.99. The Morgan fingerprint density at radius 1 is 1.13 bits per heavy atom. The van der Waals surface area contributed by atoms with Crippen molar-refractivity contribution in [2.45, 2.75) is 70.9 Å². The lowest BCUT2D eigenvalue weighted by Gasteiger charge is -2.19. The molecule has 1 aliphatic carbocycles. The number of ether oxygens (including phenoxy) is 1. The Morgan fingerprint density at radius 2 is 1.70 bits per heavy atom. The molecule has 23 heavy (non-hydrogen) atoms. The van der Waals surface area contributed by atoms with E-state index in [1.165, 1.54) is 0 Å². The summed E-state index contributed by atoms with van der Waals surface area (Å²) in [5, 5.41) is 2.95. The number of esters is 1. The summed E-state index contributed by atoms with van der Waals surface area (Å²) >= 11 is 0. The van der Waals surface area contributed by atoms with Crippen LogP contribution in [0.3, 0.4) is 0 Å². The number of hydrogen-bond donors (Lipinski definition) is 1. The van der Waals surface area contributed by atoms with Crippen molar-refractivity contribution in [3.8, 4) is 0 Å². The minimum absolute atomic E-state index is 0.0386. The first-order chi connectivity index (χ1) is 10.8. The van der Waals surface area contributed by atoms with Crippen LogP contribution in [0, 0.1) is 0 Å². The summed E-state index contributed by atoms with van der Waals surface area (Å²) in [4.78, 5) is 24.2. The smallest absolute Gasteiger partial charge is 0.338 e. The number of hydrogen-bond acceptors (Lipinski definition) is 3. The Hall–Kier alpha value is -1.84. The summed E-state index contributed by atoms with van der Waals surface area (Å²) in [6.45, 7) is 7.98. The zero-order valence-electron chi connectivity index (χ0n) is 14.5. The van der Waals surface area contributed by atoms with E-state index in [-0.39, 0.29) is 17.4 Å². The van der Waals surface area contributed by atoms with E-state index in [0.717, 1.165) is 31.2 Å². The van der Waals surface area contributed by atoms with Crippen molar-refractivity contribution in [2.24, 2.45) is 0 Å². The number of nitrogens with one attached hydrogen (secondary N) is 1. The van der Waals surface area contributed by atoms with Gasteiger partial charge in [-0.2, -0.15) is 0 Å². The zero-order chi connectivity index (χ0) is 17.0. The summed E-state index contributed by atoms with van der Waals surface area (Å²) < 4.78 is 5.28. The Labute approximate surface area is 138 Å². The molecule has 0 spiro atoms. The summed E-state index contributed by atoms with van der Waals surface area (Å²) in [6.07, 6.45) is 3.56.